The van der Waals surface area contributed by atoms with Gasteiger partial charge >= 0.3 is 0 Å². The molecule has 90 valence electrons. The Morgan fingerprint density at radius 1 is 1.62 bits per heavy atom. The number of rotatable bonds is 5. The lowest BCUT2D eigenvalue weighted by Crippen LogP contribution is -2.41. The minimum atomic E-state index is -0.229. The first-order chi connectivity index (χ1) is 7.52. The first-order valence-corrected chi connectivity index (χ1v) is 5.47. The number of nitrogens with two attached hydrogens (primary N) is 1. The Morgan fingerprint density at radius 2 is 2.31 bits per heavy atom. The van der Waals surface area contributed by atoms with Crippen LogP contribution in [0, 0.1) is 12.8 Å². The Morgan fingerprint density at radius 3 is 2.75 bits per heavy atom. The fourth-order valence-corrected chi connectivity index (χ4v) is 1.52. The van der Waals surface area contributed by atoms with E-state index in [1.807, 2.05) is 0 Å². The molecule has 0 saturated heterocycles. The lowest BCUT2D eigenvalue weighted by atomic mass is 10.0. The van der Waals surface area contributed by atoms with E-state index in [4.69, 9.17) is 10.3 Å². The van der Waals surface area contributed by atoms with Crippen molar-refractivity contribution in [2.24, 2.45) is 11.7 Å². The molecule has 3 N–H and O–H groups in total. The number of hydrogen-bond acceptors (Lipinski definition) is 4. The summed E-state index contributed by atoms with van der Waals surface area (Å²) >= 11 is 0. The van der Waals surface area contributed by atoms with Crippen LogP contribution in [0.1, 0.15) is 36.5 Å². The molecule has 0 spiro atoms. The second-order valence-corrected chi connectivity index (χ2v) is 4.36. The normalized spacial score (nSPS) is 12.8. The highest BCUT2D eigenvalue weighted by Crippen LogP contribution is 2.06. The Balaban J connectivity index is 2.55. The van der Waals surface area contributed by atoms with Gasteiger partial charge in [0.15, 0.2) is 5.69 Å². The van der Waals surface area contributed by atoms with Crippen molar-refractivity contribution in [2.75, 3.05) is 6.54 Å². The van der Waals surface area contributed by atoms with Gasteiger partial charge in [-0.2, -0.15) is 0 Å². The summed E-state index contributed by atoms with van der Waals surface area (Å²) in [6.07, 6.45) is 0.860. The zero-order valence-electron chi connectivity index (χ0n) is 9.99. The van der Waals surface area contributed by atoms with Crippen molar-refractivity contribution in [2.45, 2.75) is 33.2 Å². The molecule has 0 aliphatic carbocycles. The molecule has 5 nitrogen and oxygen atoms in total. The zero-order chi connectivity index (χ0) is 12.1. The molecule has 0 aliphatic heterocycles. The highest BCUT2D eigenvalue weighted by Gasteiger charge is 2.16. The van der Waals surface area contributed by atoms with E-state index in [1.165, 1.54) is 0 Å². The molecule has 1 aromatic heterocycles. The van der Waals surface area contributed by atoms with Gasteiger partial charge in [-0.05, 0) is 19.3 Å². The lowest BCUT2D eigenvalue weighted by Gasteiger charge is -2.17. The van der Waals surface area contributed by atoms with E-state index >= 15 is 0 Å². The van der Waals surface area contributed by atoms with Gasteiger partial charge in [0.25, 0.3) is 5.91 Å². The van der Waals surface area contributed by atoms with Gasteiger partial charge in [-0.15, -0.1) is 0 Å². The summed E-state index contributed by atoms with van der Waals surface area (Å²) < 4.78 is 4.84. The molecule has 0 radical (unpaired) electrons. The molecule has 0 bridgehead atoms. The fourth-order valence-electron chi connectivity index (χ4n) is 1.52. The highest BCUT2D eigenvalue weighted by molar-refractivity contribution is 5.92. The maximum atomic E-state index is 11.7. The van der Waals surface area contributed by atoms with Crippen molar-refractivity contribution in [3.8, 4) is 0 Å². The van der Waals surface area contributed by atoms with Crippen molar-refractivity contribution in [1.29, 1.82) is 0 Å². The van der Waals surface area contributed by atoms with Crippen LogP contribution in [-0.4, -0.2) is 23.7 Å². The molecular formula is C11H19N3O2. The summed E-state index contributed by atoms with van der Waals surface area (Å²) in [5, 5.41) is 6.50. The van der Waals surface area contributed by atoms with Crippen LogP contribution in [0.15, 0.2) is 10.6 Å². The van der Waals surface area contributed by atoms with Crippen molar-refractivity contribution in [3.05, 3.63) is 17.5 Å². The number of aromatic nitrogens is 1. The number of aryl methyl sites for hydroxylation is 1. The van der Waals surface area contributed by atoms with Crippen LogP contribution in [0.3, 0.4) is 0 Å². The van der Waals surface area contributed by atoms with Gasteiger partial charge in [0.05, 0.1) is 0 Å². The first kappa shape index (κ1) is 12.7. The average molecular weight is 225 g/mol. The maximum absolute atomic E-state index is 11.7. The minimum Gasteiger partial charge on any atom is -0.361 e. The van der Waals surface area contributed by atoms with E-state index in [-0.39, 0.29) is 11.9 Å². The van der Waals surface area contributed by atoms with E-state index in [0.717, 1.165) is 6.42 Å². The monoisotopic (exact) mass is 225 g/mol. The largest absolute Gasteiger partial charge is 0.361 e. The van der Waals surface area contributed by atoms with E-state index in [9.17, 15) is 4.79 Å². The van der Waals surface area contributed by atoms with Crippen molar-refractivity contribution in [3.63, 3.8) is 0 Å². The Kier molecular flexibility index (Phi) is 4.49. The summed E-state index contributed by atoms with van der Waals surface area (Å²) in [5.41, 5.74) is 5.90. The summed E-state index contributed by atoms with van der Waals surface area (Å²) in [4.78, 5) is 11.7. The van der Waals surface area contributed by atoms with Gasteiger partial charge in [-0.3, -0.25) is 4.79 Å². The van der Waals surface area contributed by atoms with Crippen LogP contribution in [0.5, 0.6) is 0 Å². The van der Waals surface area contributed by atoms with Gasteiger partial charge in [0.2, 0.25) is 0 Å². The molecule has 1 aromatic rings. The smallest absolute Gasteiger partial charge is 0.273 e. The van der Waals surface area contributed by atoms with Crippen LogP contribution >= 0.6 is 0 Å². The molecule has 0 aliphatic rings. The fraction of sp³-hybridized carbons (Fsp3) is 0.636. The molecule has 1 heterocycles. The summed E-state index contributed by atoms with van der Waals surface area (Å²) in [5.74, 6) is 0.888. The Hall–Kier alpha value is -1.36. The van der Waals surface area contributed by atoms with E-state index < -0.39 is 0 Å². The molecule has 1 atom stereocenters. The quantitative estimate of drug-likeness (QED) is 0.785. The third-order valence-electron chi connectivity index (χ3n) is 2.24. The second-order valence-electron chi connectivity index (χ2n) is 4.36. The second kappa shape index (κ2) is 5.65. The molecule has 16 heavy (non-hydrogen) atoms. The van der Waals surface area contributed by atoms with Crippen molar-refractivity contribution in [1.82, 2.24) is 10.5 Å². The Bertz CT molecular complexity index is 347. The van der Waals surface area contributed by atoms with Crippen LogP contribution < -0.4 is 11.1 Å². The van der Waals surface area contributed by atoms with Crippen LogP contribution in [0.2, 0.25) is 0 Å². The predicted molar refractivity (Wildman–Crippen MR) is 61.0 cm³/mol. The van der Waals surface area contributed by atoms with Crippen molar-refractivity contribution >= 4 is 5.91 Å². The third kappa shape index (κ3) is 3.66. The number of nitrogens with one attached hydrogen (secondary N) is 1. The molecule has 1 rings (SSSR count). The van der Waals surface area contributed by atoms with E-state index in [2.05, 4.69) is 24.3 Å². The van der Waals surface area contributed by atoms with E-state index in [0.29, 0.717) is 23.9 Å². The standard InChI is InChI=1S/C11H19N3O2/c1-7(2)4-9(6-12)13-11(15)10-5-8(3)16-14-10/h5,7,9H,4,6,12H2,1-3H3,(H,13,15). The Labute approximate surface area is 95.4 Å². The van der Waals surface area contributed by atoms with E-state index in [1.54, 1.807) is 13.0 Å². The molecular weight excluding hydrogens is 206 g/mol. The van der Waals surface area contributed by atoms with Crippen LogP contribution in [0.4, 0.5) is 0 Å². The zero-order valence-corrected chi connectivity index (χ0v) is 9.99. The first-order valence-electron chi connectivity index (χ1n) is 5.47. The van der Waals surface area contributed by atoms with Gasteiger partial charge < -0.3 is 15.6 Å². The average Bonchev–Trinajstić information content (AvgIpc) is 2.63. The van der Waals surface area contributed by atoms with Gasteiger partial charge in [-0.1, -0.05) is 19.0 Å². The summed E-state index contributed by atoms with van der Waals surface area (Å²) in [6, 6.07) is 1.60. The molecule has 0 fully saturated rings. The maximum Gasteiger partial charge on any atom is 0.273 e. The van der Waals surface area contributed by atoms with Gasteiger partial charge in [0, 0.05) is 18.7 Å². The molecule has 1 unspecified atom stereocenters. The number of nitrogens with zero attached hydrogens (tertiary/aromatic N) is 1. The summed E-state index contributed by atoms with van der Waals surface area (Å²) in [6.45, 7) is 6.36. The predicted octanol–water partition coefficient (Wildman–Crippen LogP) is 1.09. The SMILES string of the molecule is Cc1cc(C(=O)NC(CN)CC(C)C)no1. The molecule has 5 heteroatoms. The highest BCUT2D eigenvalue weighted by atomic mass is 16.5. The van der Waals surface area contributed by atoms with Crippen LogP contribution in [-0.2, 0) is 0 Å². The number of carbonyl (C=O) groups excluding carboxylic acids is 1. The minimum absolute atomic E-state index is 0.00972. The summed E-state index contributed by atoms with van der Waals surface area (Å²) in [7, 11) is 0. The third-order valence-corrected chi connectivity index (χ3v) is 2.24. The van der Waals surface area contributed by atoms with Crippen molar-refractivity contribution < 1.29 is 9.32 Å². The number of carbonyl (C=O) groups is 1. The topological polar surface area (TPSA) is 81.2 Å². The lowest BCUT2D eigenvalue weighted by molar-refractivity contribution is 0.0924. The molecule has 0 saturated carbocycles. The number of amides is 1. The molecule has 0 aromatic carbocycles. The van der Waals surface area contributed by atoms with Gasteiger partial charge in [0.1, 0.15) is 5.76 Å². The van der Waals surface area contributed by atoms with Gasteiger partial charge in [-0.25, -0.2) is 0 Å². The number of hydrogen-bond donors (Lipinski definition) is 2. The molecule has 1 amide bonds. The van der Waals surface area contributed by atoms with Crippen LogP contribution in [0.25, 0.3) is 0 Å².